The monoisotopic (exact) mass is 248 g/mol. The van der Waals surface area contributed by atoms with E-state index in [9.17, 15) is 0 Å². The van der Waals surface area contributed by atoms with Crippen LogP contribution < -0.4 is 0 Å². The minimum absolute atomic E-state index is 0.367. The second-order valence-corrected chi connectivity index (χ2v) is 4.72. The largest absolute Gasteiger partial charge is 0.396 e. The average Bonchev–Trinajstić information content (AvgIpc) is 2.03. The van der Waals surface area contributed by atoms with Gasteiger partial charge in [0.1, 0.15) is 0 Å². The summed E-state index contributed by atoms with van der Waals surface area (Å²) in [6.07, 6.45) is 7.50. The predicted octanol–water partition coefficient (Wildman–Crippen LogP) is 4.33. The molecule has 0 atom stereocenters. The number of hydrogen-bond acceptors (Lipinski definition) is 1. The van der Waals surface area contributed by atoms with Gasteiger partial charge < -0.3 is 5.11 Å². The molecule has 0 saturated heterocycles. The second-order valence-electron chi connectivity index (χ2n) is 2.74. The van der Waals surface area contributed by atoms with E-state index in [-0.39, 0.29) is 0 Å². The van der Waals surface area contributed by atoms with Crippen LogP contribution >= 0.6 is 34.8 Å². The maximum absolute atomic E-state index is 8.42. The first-order chi connectivity index (χ1) is 6.15. The van der Waals surface area contributed by atoms with Crippen molar-refractivity contribution in [2.24, 2.45) is 0 Å². The van der Waals surface area contributed by atoms with Crippen molar-refractivity contribution >= 4 is 34.8 Å². The van der Waals surface area contributed by atoms with Gasteiger partial charge in [-0.05, 0) is 6.42 Å². The molecule has 0 fully saturated rings. The number of halogens is 3. The van der Waals surface area contributed by atoms with Gasteiger partial charge in [-0.25, -0.2) is 0 Å². The number of alkyl halides is 3. The van der Waals surface area contributed by atoms with Crippen LogP contribution in [0.2, 0.25) is 0 Å². The summed E-state index contributed by atoms with van der Waals surface area (Å²) in [6, 6.07) is 0. The lowest BCUT2D eigenvalue weighted by molar-refractivity contribution is 0.282. The molecule has 0 aliphatic carbocycles. The Kier molecular flexibility index (Phi) is 19.2. The highest BCUT2D eigenvalue weighted by Crippen LogP contribution is 2.04. The highest BCUT2D eigenvalue weighted by Gasteiger charge is 1.86. The molecule has 0 bridgehead atoms. The zero-order chi connectivity index (χ0) is 10.5. The van der Waals surface area contributed by atoms with Crippen LogP contribution in [0.3, 0.4) is 0 Å². The molecule has 0 saturated carbocycles. The molecule has 0 amide bonds. The predicted molar refractivity (Wildman–Crippen MR) is 61.8 cm³/mol. The first-order valence-electron chi connectivity index (χ1n) is 4.68. The van der Waals surface area contributed by atoms with Gasteiger partial charge in [0.05, 0.1) is 0 Å². The lowest BCUT2D eigenvalue weighted by Crippen LogP contribution is -1.82. The number of hydrogen-bond donors (Lipinski definition) is 1. The van der Waals surface area contributed by atoms with Crippen molar-refractivity contribution in [1.29, 1.82) is 0 Å². The molecule has 0 unspecified atom stereocenters. The third-order valence-corrected chi connectivity index (χ3v) is 1.51. The quantitative estimate of drug-likeness (QED) is 0.549. The standard InChI is InChI=1S/C8H18O.CHCl3/c1-2-3-4-5-6-7-8-9;2-1(3)4/h9H,2-8H2,1H3;1H. The van der Waals surface area contributed by atoms with E-state index in [0.29, 0.717) is 6.61 Å². The number of aliphatic hydroxyl groups excluding tert-OH is 1. The Balaban J connectivity index is 0. The number of aliphatic hydroxyl groups is 1. The van der Waals surface area contributed by atoms with Crippen molar-refractivity contribution in [3.63, 3.8) is 0 Å². The Bertz CT molecular complexity index is 70.5. The van der Waals surface area contributed by atoms with Crippen molar-refractivity contribution in [3.05, 3.63) is 0 Å². The van der Waals surface area contributed by atoms with Crippen LogP contribution in [0.25, 0.3) is 0 Å². The van der Waals surface area contributed by atoms with Crippen molar-refractivity contribution in [1.82, 2.24) is 0 Å². The van der Waals surface area contributed by atoms with Crippen LogP contribution in [0.15, 0.2) is 0 Å². The van der Waals surface area contributed by atoms with E-state index in [4.69, 9.17) is 39.9 Å². The van der Waals surface area contributed by atoms with Crippen LogP contribution in [0.1, 0.15) is 45.4 Å². The van der Waals surface area contributed by atoms with Crippen molar-refractivity contribution in [2.45, 2.75) is 49.7 Å². The van der Waals surface area contributed by atoms with Gasteiger partial charge in [0, 0.05) is 6.61 Å². The number of unbranched alkanes of at least 4 members (excludes halogenated alkanes) is 5. The van der Waals surface area contributed by atoms with E-state index >= 15 is 0 Å². The van der Waals surface area contributed by atoms with E-state index in [1.807, 2.05) is 0 Å². The topological polar surface area (TPSA) is 20.2 Å². The molecule has 0 aromatic carbocycles. The molecule has 0 aromatic rings. The molecule has 0 heterocycles. The van der Waals surface area contributed by atoms with Gasteiger partial charge >= 0.3 is 0 Å². The molecule has 82 valence electrons. The van der Waals surface area contributed by atoms with Gasteiger partial charge in [0.15, 0.2) is 4.30 Å². The van der Waals surface area contributed by atoms with Gasteiger partial charge in [0.2, 0.25) is 0 Å². The molecular weight excluding hydrogens is 230 g/mol. The fourth-order valence-corrected chi connectivity index (χ4v) is 0.892. The summed E-state index contributed by atoms with van der Waals surface area (Å²) >= 11 is 14.4. The molecule has 0 aliphatic heterocycles. The Hall–Kier alpha value is 0.830. The van der Waals surface area contributed by atoms with E-state index in [0.717, 1.165) is 6.42 Å². The molecule has 0 aromatic heterocycles. The molecule has 1 N–H and O–H groups in total. The highest BCUT2D eigenvalue weighted by molar-refractivity contribution is 6.63. The van der Waals surface area contributed by atoms with E-state index in [2.05, 4.69) is 6.92 Å². The van der Waals surface area contributed by atoms with Crippen LogP contribution in [0, 0.1) is 0 Å². The van der Waals surface area contributed by atoms with Crippen LogP contribution in [-0.2, 0) is 0 Å². The molecule has 4 heteroatoms. The second kappa shape index (κ2) is 15.3. The summed E-state index contributed by atoms with van der Waals surface area (Å²) < 4.78 is -0.750. The third-order valence-electron chi connectivity index (χ3n) is 1.51. The van der Waals surface area contributed by atoms with Gasteiger partial charge in [-0.15, -0.1) is 0 Å². The lowest BCUT2D eigenvalue weighted by Gasteiger charge is -1.95. The Morgan fingerprint density at radius 1 is 0.923 bits per heavy atom. The Morgan fingerprint density at radius 3 is 1.69 bits per heavy atom. The Morgan fingerprint density at radius 2 is 1.31 bits per heavy atom. The highest BCUT2D eigenvalue weighted by atomic mass is 35.6. The van der Waals surface area contributed by atoms with E-state index in [1.54, 1.807) is 0 Å². The maximum Gasteiger partial charge on any atom is 0.180 e. The summed E-state index contributed by atoms with van der Waals surface area (Å²) in [6.45, 7) is 2.58. The van der Waals surface area contributed by atoms with Gasteiger partial charge in [0.25, 0.3) is 0 Å². The van der Waals surface area contributed by atoms with Crippen LogP contribution in [0.4, 0.5) is 0 Å². The summed E-state index contributed by atoms with van der Waals surface area (Å²) in [5.41, 5.74) is 0. The smallest absolute Gasteiger partial charge is 0.180 e. The molecule has 1 nitrogen and oxygen atoms in total. The maximum atomic E-state index is 8.42. The Labute approximate surface area is 96.4 Å². The zero-order valence-corrected chi connectivity index (χ0v) is 10.4. The van der Waals surface area contributed by atoms with Gasteiger partial charge in [-0.2, -0.15) is 0 Å². The van der Waals surface area contributed by atoms with Crippen LogP contribution in [-0.4, -0.2) is 16.0 Å². The average molecular weight is 250 g/mol. The normalized spacial score (nSPS) is 9.69. The van der Waals surface area contributed by atoms with Crippen LogP contribution in [0.5, 0.6) is 0 Å². The molecule has 0 spiro atoms. The van der Waals surface area contributed by atoms with Crippen molar-refractivity contribution in [2.75, 3.05) is 6.61 Å². The van der Waals surface area contributed by atoms with E-state index in [1.165, 1.54) is 32.1 Å². The zero-order valence-electron chi connectivity index (χ0n) is 8.11. The first-order valence-corrected chi connectivity index (χ1v) is 5.99. The molecule has 0 radical (unpaired) electrons. The number of rotatable bonds is 6. The molecule has 13 heavy (non-hydrogen) atoms. The first kappa shape index (κ1) is 16.3. The SMILES string of the molecule is CCCCCCCCO.ClC(Cl)Cl. The molecule has 0 rings (SSSR count). The minimum atomic E-state index is -0.750. The summed E-state index contributed by atoms with van der Waals surface area (Å²) in [4.78, 5) is 0. The summed E-state index contributed by atoms with van der Waals surface area (Å²) in [7, 11) is 0. The minimum Gasteiger partial charge on any atom is -0.396 e. The molecule has 0 aliphatic rings. The third kappa shape index (κ3) is 32.3. The summed E-state index contributed by atoms with van der Waals surface area (Å²) in [5.74, 6) is 0. The lowest BCUT2D eigenvalue weighted by atomic mass is 10.1. The fraction of sp³-hybridized carbons (Fsp3) is 1.00. The van der Waals surface area contributed by atoms with Crippen molar-refractivity contribution < 1.29 is 5.11 Å². The molecular formula is C9H19Cl3O. The fourth-order valence-electron chi connectivity index (χ4n) is 0.892. The van der Waals surface area contributed by atoms with E-state index < -0.39 is 4.30 Å². The van der Waals surface area contributed by atoms with Crippen molar-refractivity contribution in [3.8, 4) is 0 Å². The summed E-state index contributed by atoms with van der Waals surface area (Å²) in [5, 5.41) is 8.42. The van der Waals surface area contributed by atoms with Gasteiger partial charge in [-0.1, -0.05) is 73.8 Å². The van der Waals surface area contributed by atoms with Gasteiger partial charge in [-0.3, -0.25) is 0 Å².